The molecule has 2 rings (SSSR count). The van der Waals surface area contributed by atoms with Gasteiger partial charge in [0.2, 0.25) is 0 Å². The Morgan fingerprint density at radius 3 is 2.24 bits per heavy atom. The lowest BCUT2D eigenvalue weighted by Gasteiger charge is -2.12. The smallest absolute Gasteiger partial charge is 0.257 e. The predicted octanol–water partition coefficient (Wildman–Crippen LogP) is 4.83. The van der Waals surface area contributed by atoms with Crippen molar-refractivity contribution < 1.29 is 14.6 Å². The first kappa shape index (κ1) is 19.7. The molecule has 5 nitrogen and oxygen atoms in total. The molecule has 0 aliphatic carbocycles. The zero-order chi connectivity index (χ0) is 18.6. The third-order valence-electron chi connectivity index (χ3n) is 2.99. The van der Waals surface area contributed by atoms with Crippen molar-refractivity contribution in [1.29, 1.82) is 0 Å². The van der Waals surface area contributed by atoms with E-state index in [9.17, 15) is 9.90 Å². The first-order valence-electron chi connectivity index (χ1n) is 7.33. The summed E-state index contributed by atoms with van der Waals surface area (Å²) in [7, 11) is 0. The van der Waals surface area contributed by atoms with Gasteiger partial charge in [-0.2, -0.15) is 0 Å². The van der Waals surface area contributed by atoms with E-state index in [-0.39, 0.29) is 22.9 Å². The van der Waals surface area contributed by atoms with Crippen LogP contribution in [0.3, 0.4) is 0 Å². The maximum absolute atomic E-state index is 12.2. The molecule has 0 spiro atoms. The summed E-state index contributed by atoms with van der Waals surface area (Å²) in [5.41, 5.74) is 1.08. The second-order valence-corrected chi connectivity index (χ2v) is 7.50. The summed E-state index contributed by atoms with van der Waals surface area (Å²) in [5, 5.41) is 15.4. The van der Waals surface area contributed by atoms with Crippen molar-refractivity contribution in [3.63, 3.8) is 0 Å². The Morgan fingerprint density at radius 1 is 1.16 bits per heavy atom. The Morgan fingerprint density at radius 2 is 1.72 bits per heavy atom. The molecule has 0 atom stereocenters. The van der Waals surface area contributed by atoms with Crippen molar-refractivity contribution in [3.8, 4) is 11.5 Å². The lowest BCUT2D eigenvalue weighted by molar-refractivity contribution is 0.0977. The molecular formula is C17H16Br2N2O3S. The summed E-state index contributed by atoms with van der Waals surface area (Å²) in [6.07, 6.45) is 0.0698. The van der Waals surface area contributed by atoms with Gasteiger partial charge in [-0.1, -0.05) is 0 Å². The summed E-state index contributed by atoms with van der Waals surface area (Å²) < 4.78 is 6.54. The van der Waals surface area contributed by atoms with Gasteiger partial charge in [0.15, 0.2) is 5.11 Å². The van der Waals surface area contributed by atoms with Gasteiger partial charge in [-0.05, 0) is 94.3 Å². The number of carbonyl (C=O) groups excluding carboxylic acids is 1. The van der Waals surface area contributed by atoms with Crippen molar-refractivity contribution in [1.82, 2.24) is 5.32 Å². The number of thiocarbonyl (C=S) groups is 1. The van der Waals surface area contributed by atoms with Crippen molar-refractivity contribution >= 4 is 60.8 Å². The van der Waals surface area contributed by atoms with Gasteiger partial charge in [0, 0.05) is 11.3 Å². The van der Waals surface area contributed by atoms with Crippen molar-refractivity contribution in [2.75, 3.05) is 5.32 Å². The highest BCUT2D eigenvalue weighted by Crippen LogP contribution is 2.35. The molecule has 0 unspecified atom stereocenters. The zero-order valence-corrected chi connectivity index (χ0v) is 17.5. The number of halogens is 2. The van der Waals surface area contributed by atoms with E-state index in [1.54, 1.807) is 36.4 Å². The molecule has 0 aromatic heterocycles. The van der Waals surface area contributed by atoms with E-state index >= 15 is 0 Å². The van der Waals surface area contributed by atoms with Crippen LogP contribution in [0.5, 0.6) is 11.5 Å². The van der Waals surface area contributed by atoms with E-state index in [0.717, 1.165) is 0 Å². The average molecular weight is 488 g/mol. The minimum atomic E-state index is -0.328. The van der Waals surface area contributed by atoms with Crippen LogP contribution in [0.4, 0.5) is 5.69 Å². The van der Waals surface area contributed by atoms with Gasteiger partial charge >= 0.3 is 0 Å². The number of nitrogens with one attached hydrogen (secondary N) is 2. The Kier molecular flexibility index (Phi) is 6.80. The molecule has 0 saturated heterocycles. The summed E-state index contributed by atoms with van der Waals surface area (Å²) in [4.78, 5) is 12.2. The normalized spacial score (nSPS) is 10.4. The van der Waals surface area contributed by atoms with Crippen LogP contribution in [-0.4, -0.2) is 22.2 Å². The summed E-state index contributed by atoms with van der Waals surface area (Å²) >= 11 is 11.6. The average Bonchev–Trinajstić information content (AvgIpc) is 2.52. The molecule has 3 N–H and O–H groups in total. The number of benzene rings is 2. The second kappa shape index (κ2) is 8.64. The molecule has 25 heavy (non-hydrogen) atoms. The molecule has 8 heteroatoms. The maximum atomic E-state index is 12.2. The Balaban J connectivity index is 1.99. The van der Waals surface area contributed by atoms with Crippen LogP contribution in [0.1, 0.15) is 24.2 Å². The van der Waals surface area contributed by atoms with E-state index in [2.05, 4.69) is 42.5 Å². The van der Waals surface area contributed by atoms with E-state index in [1.165, 1.54) is 0 Å². The highest BCUT2D eigenvalue weighted by Gasteiger charge is 2.11. The van der Waals surface area contributed by atoms with Crippen LogP contribution in [0, 0.1) is 0 Å². The minimum Gasteiger partial charge on any atom is -0.506 e. The maximum Gasteiger partial charge on any atom is 0.257 e. The van der Waals surface area contributed by atoms with Crippen LogP contribution >= 0.6 is 44.1 Å². The number of phenolic OH excluding ortho intramolecular Hbond substituents is 1. The number of rotatable bonds is 4. The predicted molar refractivity (Wildman–Crippen MR) is 109 cm³/mol. The first-order valence-corrected chi connectivity index (χ1v) is 9.32. The summed E-state index contributed by atoms with van der Waals surface area (Å²) in [6, 6.07) is 10.1. The Bertz CT molecular complexity index is 772. The zero-order valence-electron chi connectivity index (χ0n) is 13.5. The summed E-state index contributed by atoms with van der Waals surface area (Å²) in [5.74, 6) is 0.459. The topological polar surface area (TPSA) is 70.6 Å². The minimum absolute atomic E-state index is 0.0698. The Hall–Kier alpha value is -1.64. The standard InChI is InChI=1S/C17H16Br2N2O3S/c1-9(2)24-12-5-3-10(4-6-12)16(23)21-17(25)20-11-7-13(18)15(22)14(19)8-11/h3-9,22H,1-2H3,(H2,20,21,23,25). The van der Waals surface area contributed by atoms with Crippen LogP contribution < -0.4 is 15.4 Å². The van der Waals surface area contributed by atoms with Crippen molar-refractivity contribution in [2.24, 2.45) is 0 Å². The Labute approximate surface area is 168 Å². The number of hydrogen-bond acceptors (Lipinski definition) is 4. The molecule has 0 radical (unpaired) electrons. The first-order chi connectivity index (χ1) is 11.8. The van der Waals surface area contributed by atoms with Gasteiger partial charge in [-0.3, -0.25) is 10.1 Å². The lowest BCUT2D eigenvalue weighted by Crippen LogP contribution is -2.34. The molecular weight excluding hydrogens is 472 g/mol. The molecule has 2 aromatic carbocycles. The molecule has 0 fully saturated rings. The SMILES string of the molecule is CC(C)Oc1ccc(C(=O)NC(=S)Nc2cc(Br)c(O)c(Br)c2)cc1. The number of phenols is 1. The molecule has 132 valence electrons. The highest BCUT2D eigenvalue weighted by atomic mass is 79.9. The van der Waals surface area contributed by atoms with Crippen LogP contribution in [0.15, 0.2) is 45.3 Å². The van der Waals surface area contributed by atoms with Gasteiger partial charge in [-0.15, -0.1) is 0 Å². The molecule has 0 heterocycles. The molecule has 0 aliphatic rings. The molecule has 1 amide bonds. The van der Waals surface area contributed by atoms with Gasteiger partial charge in [0.1, 0.15) is 11.5 Å². The van der Waals surface area contributed by atoms with Crippen LogP contribution in [-0.2, 0) is 0 Å². The fraction of sp³-hybridized carbons (Fsp3) is 0.176. The monoisotopic (exact) mass is 486 g/mol. The largest absolute Gasteiger partial charge is 0.506 e. The van der Waals surface area contributed by atoms with E-state index in [0.29, 0.717) is 25.9 Å². The number of anilines is 1. The molecule has 0 bridgehead atoms. The third-order valence-corrected chi connectivity index (χ3v) is 4.40. The van der Waals surface area contributed by atoms with Crippen LogP contribution in [0.2, 0.25) is 0 Å². The lowest BCUT2D eigenvalue weighted by atomic mass is 10.2. The number of hydrogen-bond donors (Lipinski definition) is 3. The molecule has 2 aromatic rings. The summed E-state index contributed by atoms with van der Waals surface area (Å²) in [6.45, 7) is 3.87. The fourth-order valence-electron chi connectivity index (χ4n) is 1.93. The highest BCUT2D eigenvalue weighted by molar-refractivity contribution is 9.11. The van der Waals surface area contributed by atoms with Gasteiger partial charge in [0.05, 0.1) is 15.0 Å². The molecule has 0 saturated carbocycles. The van der Waals surface area contributed by atoms with Crippen molar-refractivity contribution in [2.45, 2.75) is 20.0 Å². The molecule has 0 aliphatic heterocycles. The second-order valence-electron chi connectivity index (χ2n) is 5.39. The number of amides is 1. The quantitative estimate of drug-likeness (QED) is 0.425. The fourth-order valence-corrected chi connectivity index (χ4v) is 3.33. The van der Waals surface area contributed by atoms with Gasteiger partial charge in [-0.25, -0.2) is 0 Å². The number of carbonyl (C=O) groups is 1. The number of aromatic hydroxyl groups is 1. The third kappa shape index (κ3) is 5.69. The van der Waals surface area contributed by atoms with E-state index in [4.69, 9.17) is 17.0 Å². The van der Waals surface area contributed by atoms with Gasteiger partial charge < -0.3 is 15.2 Å². The van der Waals surface area contributed by atoms with E-state index < -0.39 is 0 Å². The van der Waals surface area contributed by atoms with Gasteiger partial charge in [0.25, 0.3) is 5.91 Å². The van der Waals surface area contributed by atoms with Crippen molar-refractivity contribution in [3.05, 3.63) is 50.9 Å². The van der Waals surface area contributed by atoms with E-state index in [1.807, 2.05) is 13.8 Å². The number of ether oxygens (including phenoxy) is 1. The van der Waals surface area contributed by atoms with Crippen LogP contribution in [0.25, 0.3) is 0 Å².